The largest absolute Gasteiger partial charge is 0.497 e. The van der Waals surface area contributed by atoms with Gasteiger partial charge in [0.25, 0.3) is 5.91 Å². The van der Waals surface area contributed by atoms with E-state index in [1.165, 1.54) is 4.90 Å². The molecule has 0 aromatic heterocycles. The standard InChI is InChI=1S/C25H22N2O4/c1-30-20-14-12-18(13-15-20)22-21-23(31-27(22)19-10-6-3-7-11-19)25(29)26(24(21)28)16-17-8-4-2-5-9-17/h2-15,21-23H,16H2,1H3/t21-,22-,23-/m1/s1. The van der Waals surface area contributed by atoms with Crippen LogP contribution >= 0.6 is 0 Å². The molecule has 3 aromatic carbocycles. The summed E-state index contributed by atoms with van der Waals surface area (Å²) in [5.41, 5.74) is 2.60. The second-order valence-corrected chi connectivity index (χ2v) is 7.68. The second kappa shape index (κ2) is 7.89. The number of carbonyl (C=O) groups is 2. The van der Waals surface area contributed by atoms with Crippen LogP contribution in [0.5, 0.6) is 5.75 Å². The number of imide groups is 1. The van der Waals surface area contributed by atoms with Crippen LogP contribution in [0.1, 0.15) is 17.2 Å². The Morgan fingerprint density at radius 3 is 2.13 bits per heavy atom. The highest BCUT2D eigenvalue weighted by Crippen LogP contribution is 2.47. The van der Waals surface area contributed by atoms with Crippen molar-refractivity contribution in [3.05, 3.63) is 96.1 Å². The molecule has 0 aliphatic carbocycles. The molecule has 0 spiro atoms. The van der Waals surface area contributed by atoms with E-state index in [4.69, 9.17) is 9.57 Å². The van der Waals surface area contributed by atoms with Crippen LogP contribution in [-0.2, 0) is 21.0 Å². The number of amides is 2. The van der Waals surface area contributed by atoms with Gasteiger partial charge in [-0.2, -0.15) is 0 Å². The Balaban J connectivity index is 1.52. The van der Waals surface area contributed by atoms with E-state index in [0.29, 0.717) is 0 Å². The maximum Gasteiger partial charge on any atom is 0.262 e. The molecule has 2 fully saturated rings. The number of para-hydroxylation sites is 1. The van der Waals surface area contributed by atoms with Crippen molar-refractivity contribution in [2.45, 2.75) is 18.7 Å². The minimum absolute atomic E-state index is 0.210. The van der Waals surface area contributed by atoms with Crippen molar-refractivity contribution < 1.29 is 19.2 Å². The molecule has 0 N–H and O–H groups in total. The van der Waals surface area contributed by atoms with Gasteiger partial charge < -0.3 is 4.74 Å². The fourth-order valence-corrected chi connectivity index (χ4v) is 4.33. The summed E-state index contributed by atoms with van der Waals surface area (Å²) in [6.07, 6.45) is -0.844. The third kappa shape index (κ3) is 3.35. The summed E-state index contributed by atoms with van der Waals surface area (Å²) in [6.45, 7) is 0.246. The summed E-state index contributed by atoms with van der Waals surface area (Å²) in [6, 6.07) is 26.2. The van der Waals surface area contributed by atoms with E-state index in [9.17, 15) is 9.59 Å². The molecule has 2 aliphatic rings. The number of nitrogens with zero attached hydrogens (tertiary/aromatic N) is 2. The fraction of sp³-hybridized carbons (Fsp3) is 0.200. The van der Waals surface area contributed by atoms with Gasteiger partial charge in [-0.15, -0.1) is 0 Å². The number of anilines is 1. The zero-order valence-electron chi connectivity index (χ0n) is 17.0. The van der Waals surface area contributed by atoms with Crippen LogP contribution in [0.2, 0.25) is 0 Å². The van der Waals surface area contributed by atoms with Gasteiger partial charge in [0.1, 0.15) is 11.7 Å². The molecule has 0 radical (unpaired) electrons. The predicted molar refractivity (Wildman–Crippen MR) is 115 cm³/mol. The van der Waals surface area contributed by atoms with Gasteiger partial charge in [0, 0.05) is 0 Å². The van der Waals surface area contributed by atoms with Gasteiger partial charge in [-0.05, 0) is 35.4 Å². The second-order valence-electron chi connectivity index (χ2n) is 7.68. The van der Waals surface area contributed by atoms with E-state index >= 15 is 0 Å². The summed E-state index contributed by atoms with van der Waals surface area (Å²) < 4.78 is 5.28. The highest BCUT2D eigenvalue weighted by atomic mass is 16.7. The Labute approximate surface area is 180 Å². The number of likely N-dealkylation sites (tertiary alicyclic amines) is 1. The van der Waals surface area contributed by atoms with E-state index < -0.39 is 18.1 Å². The van der Waals surface area contributed by atoms with Gasteiger partial charge in [0.2, 0.25) is 5.91 Å². The van der Waals surface area contributed by atoms with Crippen molar-refractivity contribution in [2.24, 2.45) is 5.92 Å². The molecule has 31 heavy (non-hydrogen) atoms. The average Bonchev–Trinajstić information content (AvgIpc) is 3.32. The van der Waals surface area contributed by atoms with Gasteiger partial charge in [-0.3, -0.25) is 19.3 Å². The lowest BCUT2D eigenvalue weighted by Crippen LogP contribution is -2.36. The minimum Gasteiger partial charge on any atom is -0.497 e. The van der Waals surface area contributed by atoms with Crippen LogP contribution in [0.3, 0.4) is 0 Å². The first-order valence-electron chi connectivity index (χ1n) is 10.2. The quantitative estimate of drug-likeness (QED) is 0.596. The summed E-state index contributed by atoms with van der Waals surface area (Å²) in [7, 11) is 1.61. The van der Waals surface area contributed by atoms with Crippen molar-refractivity contribution in [3.8, 4) is 5.75 Å². The number of carbonyl (C=O) groups excluding carboxylic acids is 2. The molecule has 5 rings (SSSR count). The van der Waals surface area contributed by atoms with Gasteiger partial charge >= 0.3 is 0 Å². The number of rotatable bonds is 5. The highest BCUT2D eigenvalue weighted by Gasteiger charge is 2.59. The van der Waals surface area contributed by atoms with E-state index in [0.717, 1.165) is 22.6 Å². The molecule has 0 unspecified atom stereocenters. The Bertz CT molecular complexity index is 1090. The lowest BCUT2D eigenvalue weighted by Gasteiger charge is -2.28. The van der Waals surface area contributed by atoms with E-state index in [1.807, 2.05) is 84.9 Å². The first kappa shape index (κ1) is 19.3. The van der Waals surface area contributed by atoms with E-state index in [-0.39, 0.29) is 18.4 Å². The molecule has 0 bridgehead atoms. The van der Waals surface area contributed by atoms with Gasteiger partial charge in [0.05, 0.1) is 25.4 Å². The molecule has 0 saturated carbocycles. The fourth-order valence-electron chi connectivity index (χ4n) is 4.33. The predicted octanol–water partition coefficient (Wildman–Crippen LogP) is 3.74. The van der Waals surface area contributed by atoms with Crippen molar-refractivity contribution in [2.75, 3.05) is 12.2 Å². The van der Waals surface area contributed by atoms with Crippen LogP contribution in [0.15, 0.2) is 84.9 Å². The zero-order chi connectivity index (χ0) is 21.4. The Kier molecular flexibility index (Phi) is 4.92. The molecule has 2 heterocycles. The molecule has 2 amide bonds. The molecule has 2 aliphatic heterocycles. The van der Waals surface area contributed by atoms with Crippen LogP contribution < -0.4 is 9.80 Å². The van der Waals surface area contributed by atoms with Crippen LogP contribution in [-0.4, -0.2) is 29.9 Å². The molecule has 156 valence electrons. The normalized spacial score (nSPS) is 22.7. The number of hydroxylamine groups is 1. The zero-order valence-corrected chi connectivity index (χ0v) is 17.0. The van der Waals surface area contributed by atoms with Gasteiger partial charge in [0.15, 0.2) is 6.10 Å². The third-order valence-electron chi connectivity index (χ3n) is 5.86. The average molecular weight is 414 g/mol. The van der Waals surface area contributed by atoms with Crippen molar-refractivity contribution in [3.63, 3.8) is 0 Å². The molecule has 3 atom stereocenters. The molecular formula is C25H22N2O4. The number of fused-ring (bicyclic) bond motifs is 1. The lowest BCUT2D eigenvalue weighted by molar-refractivity contribution is -0.143. The summed E-state index contributed by atoms with van der Waals surface area (Å²) in [5, 5.41) is 1.70. The number of hydrogen-bond donors (Lipinski definition) is 0. The van der Waals surface area contributed by atoms with Gasteiger partial charge in [-0.25, -0.2) is 5.06 Å². The molecular weight excluding hydrogens is 392 g/mol. The number of benzene rings is 3. The molecule has 3 aromatic rings. The maximum absolute atomic E-state index is 13.5. The summed E-state index contributed by atoms with van der Waals surface area (Å²) in [5.74, 6) is -0.399. The molecule has 6 nitrogen and oxygen atoms in total. The molecule has 2 saturated heterocycles. The third-order valence-corrected chi connectivity index (χ3v) is 5.86. The number of hydrogen-bond acceptors (Lipinski definition) is 5. The minimum atomic E-state index is -0.844. The van der Waals surface area contributed by atoms with Crippen molar-refractivity contribution in [1.29, 1.82) is 0 Å². The van der Waals surface area contributed by atoms with Crippen LogP contribution in [0.25, 0.3) is 0 Å². The maximum atomic E-state index is 13.5. The summed E-state index contributed by atoms with van der Waals surface area (Å²) >= 11 is 0. The van der Waals surface area contributed by atoms with E-state index in [2.05, 4.69) is 0 Å². The summed E-state index contributed by atoms with van der Waals surface area (Å²) in [4.78, 5) is 34.1. The molecule has 6 heteroatoms. The Hall–Kier alpha value is -3.64. The van der Waals surface area contributed by atoms with Crippen LogP contribution in [0.4, 0.5) is 5.69 Å². The lowest BCUT2D eigenvalue weighted by atomic mass is 9.90. The van der Waals surface area contributed by atoms with Gasteiger partial charge in [-0.1, -0.05) is 60.7 Å². The number of methoxy groups -OCH3 is 1. The van der Waals surface area contributed by atoms with Crippen LogP contribution in [0, 0.1) is 5.92 Å². The topological polar surface area (TPSA) is 59.1 Å². The van der Waals surface area contributed by atoms with Crippen molar-refractivity contribution in [1.82, 2.24) is 4.90 Å². The highest BCUT2D eigenvalue weighted by molar-refractivity contribution is 6.07. The van der Waals surface area contributed by atoms with Crippen molar-refractivity contribution >= 4 is 17.5 Å². The first-order chi connectivity index (χ1) is 15.2. The van der Waals surface area contributed by atoms with E-state index in [1.54, 1.807) is 12.2 Å². The monoisotopic (exact) mass is 414 g/mol. The Morgan fingerprint density at radius 2 is 1.48 bits per heavy atom. The Morgan fingerprint density at radius 1 is 0.839 bits per heavy atom. The smallest absolute Gasteiger partial charge is 0.262 e. The SMILES string of the molecule is COc1ccc([C@@H]2[C@H]3C(=O)N(Cc4ccccc4)C(=O)[C@@H]3ON2c2ccccc2)cc1. The number of ether oxygens (including phenoxy) is 1. The first-order valence-corrected chi connectivity index (χ1v) is 10.2.